The van der Waals surface area contributed by atoms with Crippen molar-refractivity contribution >= 4 is 46.1 Å². The summed E-state index contributed by atoms with van der Waals surface area (Å²) in [6.45, 7) is 7.57. The molecule has 0 atom stereocenters. The standard InChI is InChI=1S/C12H17IN2O2S/c1-5-18-10-6-8(13)9(7-14-10)15-11(16)17-12(2,3)4/h6-7H,5H2,1-4H3,(H,15,16). The van der Waals surface area contributed by atoms with Gasteiger partial charge in [-0.3, -0.25) is 5.32 Å². The van der Waals surface area contributed by atoms with Crippen LogP contribution in [-0.2, 0) is 4.74 Å². The minimum Gasteiger partial charge on any atom is -0.444 e. The largest absolute Gasteiger partial charge is 0.444 e. The van der Waals surface area contributed by atoms with Crippen molar-refractivity contribution in [3.63, 3.8) is 0 Å². The monoisotopic (exact) mass is 380 g/mol. The maximum Gasteiger partial charge on any atom is 0.412 e. The van der Waals surface area contributed by atoms with E-state index in [4.69, 9.17) is 4.74 Å². The summed E-state index contributed by atoms with van der Waals surface area (Å²) in [5.41, 5.74) is 0.173. The highest BCUT2D eigenvalue weighted by Gasteiger charge is 2.17. The number of anilines is 1. The Morgan fingerprint density at radius 3 is 2.72 bits per heavy atom. The van der Waals surface area contributed by atoms with Crippen molar-refractivity contribution in [2.24, 2.45) is 0 Å². The summed E-state index contributed by atoms with van der Waals surface area (Å²) in [7, 11) is 0. The fourth-order valence-electron chi connectivity index (χ4n) is 1.15. The van der Waals surface area contributed by atoms with E-state index < -0.39 is 11.7 Å². The molecule has 0 aliphatic heterocycles. The van der Waals surface area contributed by atoms with E-state index in [1.165, 1.54) is 0 Å². The fraction of sp³-hybridized carbons (Fsp3) is 0.500. The Labute approximate surface area is 125 Å². The van der Waals surface area contributed by atoms with E-state index in [2.05, 4.69) is 39.8 Å². The molecular weight excluding hydrogens is 363 g/mol. The number of hydrogen-bond acceptors (Lipinski definition) is 4. The van der Waals surface area contributed by atoms with Crippen LogP contribution in [0, 0.1) is 3.57 Å². The van der Waals surface area contributed by atoms with Crippen LogP contribution in [0.3, 0.4) is 0 Å². The highest BCUT2D eigenvalue weighted by atomic mass is 127. The van der Waals surface area contributed by atoms with Gasteiger partial charge in [0.1, 0.15) is 5.60 Å². The van der Waals surface area contributed by atoms with Crippen LogP contribution in [-0.4, -0.2) is 22.4 Å². The Morgan fingerprint density at radius 2 is 2.22 bits per heavy atom. The average Bonchev–Trinajstić information content (AvgIpc) is 2.20. The molecule has 0 aliphatic carbocycles. The molecule has 1 aromatic rings. The van der Waals surface area contributed by atoms with Crippen LogP contribution in [0.15, 0.2) is 17.3 Å². The summed E-state index contributed by atoms with van der Waals surface area (Å²) in [6.07, 6.45) is 1.20. The number of rotatable bonds is 3. The molecule has 0 fully saturated rings. The van der Waals surface area contributed by atoms with Crippen molar-refractivity contribution in [2.75, 3.05) is 11.1 Å². The third-order valence-corrected chi connectivity index (χ3v) is 3.46. The molecule has 0 bridgehead atoms. The van der Waals surface area contributed by atoms with Crippen molar-refractivity contribution in [3.05, 3.63) is 15.8 Å². The topological polar surface area (TPSA) is 51.2 Å². The Bertz CT molecular complexity index is 433. The number of nitrogens with zero attached hydrogens (tertiary/aromatic N) is 1. The van der Waals surface area contributed by atoms with Crippen LogP contribution in [0.2, 0.25) is 0 Å². The summed E-state index contributed by atoms with van der Waals surface area (Å²) in [4.78, 5) is 15.9. The number of ether oxygens (including phenoxy) is 1. The molecule has 0 aromatic carbocycles. The smallest absolute Gasteiger partial charge is 0.412 e. The number of carbonyl (C=O) groups is 1. The average molecular weight is 380 g/mol. The van der Waals surface area contributed by atoms with Gasteiger partial charge in [-0.15, -0.1) is 11.8 Å². The summed E-state index contributed by atoms with van der Waals surface area (Å²) >= 11 is 3.84. The molecule has 100 valence electrons. The lowest BCUT2D eigenvalue weighted by atomic mass is 10.2. The summed E-state index contributed by atoms with van der Waals surface area (Å²) in [5, 5.41) is 3.65. The minimum atomic E-state index is -0.499. The summed E-state index contributed by atoms with van der Waals surface area (Å²) < 4.78 is 6.14. The molecular formula is C12H17IN2O2S. The van der Waals surface area contributed by atoms with Crippen LogP contribution in [0.4, 0.5) is 10.5 Å². The molecule has 0 unspecified atom stereocenters. The van der Waals surface area contributed by atoms with Crippen molar-refractivity contribution in [3.8, 4) is 0 Å². The molecule has 18 heavy (non-hydrogen) atoms. The van der Waals surface area contributed by atoms with Gasteiger partial charge in [0, 0.05) is 3.57 Å². The Balaban J connectivity index is 2.71. The molecule has 0 aliphatic rings. The van der Waals surface area contributed by atoms with Crippen molar-refractivity contribution in [1.82, 2.24) is 4.98 Å². The van der Waals surface area contributed by atoms with Gasteiger partial charge in [0.05, 0.1) is 16.9 Å². The minimum absolute atomic E-state index is 0.460. The first kappa shape index (κ1) is 15.6. The number of nitrogens with one attached hydrogen (secondary N) is 1. The molecule has 0 radical (unpaired) electrons. The first-order valence-corrected chi connectivity index (χ1v) is 7.66. The second-order valence-corrected chi connectivity index (χ2v) is 7.01. The Kier molecular flexibility index (Phi) is 5.71. The Hall–Kier alpha value is -0.500. The number of aromatic nitrogens is 1. The van der Waals surface area contributed by atoms with Gasteiger partial charge in [-0.2, -0.15) is 0 Å². The van der Waals surface area contributed by atoms with Gasteiger partial charge in [-0.25, -0.2) is 9.78 Å². The predicted octanol–water partition coefficient (Wildman–Crippen LogP) is 4.15. The lowest BCUT2D eigenvalue weighted by Gasteiger charge is -2.20. The van der Waals surface area contributed by atoms with E-state index in [1.54, 1.807) is 18.0 Å². The van der Waals surface area contributed by atoms with Gasteiger partial charge in [0.15, 0.2) is 0 Å². The number of pyridine rings is 1. The van der Waals surface area contributed by atoms with Crippen LogP contribution < -0.4 is 5.32 Å². The first-order valence-electron chi connectivity index (χ1n) is 5.60. The van der Waals surface area contributed by atoms with Gasteiger partial charge in [0.25, 0.3) is 0 Å². The second-order valence-electron chi connectivity index (χ2n) is 4.56. The molecule has 1 N–H and O–H groups in total. The van der Waals surface area contributed by atoms with Crippen LogP contribution in [0.1, 0.15) is 27.7 Å². The summed E-state index contributed by atoms with van der Waals surface area (Å²) in [6, 6.07) is 1.95. The van der Waals surface area contributed by atoms with Gasteiger partial charge in [0.2, 0.25) is 0 Å². The van der Waals surface area contributed by atoms with Gasteiger partial charge in [-0.05, 0) is 55.2 Å². The number of amides is 1. The van der Waals surface area contributed by atoms with Gasteiger partial charge >= 0.3 is 6.09 Å². The van der Waals surface area contributed by atoms with Crippen LogP contribution in [0.25, 0.3) is 0 Å². The predicted molar refractivity (Wildman–Crippen MR) is 83.2 cm³/mol. The molecule has 1 amide bonds. The zero-order valence-electron chi connectivity index (χ0n) is 10.9. The van der Waals surface area contributed by atoms with Crippen LogP contribution >= 0.6 is 34.4 Å². The number of hydrogen-bond donors (Lipinski definition) is 1. The van der Waals surface area contributed by atoms with Crippen molar-refractivity contribution < 1.29 is 9.53 Å². The molecule has 1 aromatic heterocycles. The molecule has 1 rings (SSSR count). The van der Waals surface area contributed by atoms with E-state index in [-0.39, 0.29) is 0 Å². The highest BCUT2D eigenvalue weighted by molar-refractivity contribution is 14.1. The van der Waals surface area contributed by atoms with E-state index in [0.29, 0.717) is 5.69 Å². The molecule has 4 nitrogen and oxygen atoms in total. The van der Waals surface area contributed by atoms with E-state index in [9.17, 15) is 4.79 Å². The summed E-state index contributed by atoms with van der Waals surface area (Å²) in [5.74, 6) is 0.974. The zero-order valence-corrected chi connectivity index (χ0v) is 13.9. The fourth-order valence-corrected chi connectivity index (χ4v) is 2.55. The van der Waals surface area contributed by atoms with Crippen molar-refractivity contribution in [1.29, 1.82) is 0 Å². The molecule has 0 saturated heterocycles. The zero-order chi connectivity index (χ0) is 13.8. The lowest BCUT2D eigenvalue weighted by Crippen LogP contribution is -2.27. The quantitative estimate of drug-likeness (QED) is 0.633. The SMILES string of the molecule is CCSc1cc(I)c(NC(=O)OC(C)(C)C)cn1. The van der Waals surface area contributed by atoms with E-state index in [1.807, 2.05) is 26.8 Å². The molecule has 0 spiro atoms. The van der Waals surface area contributed by atoms with Gasteiger partial charge < -0.3 is 4.74 Å². The number of thioether (sulfide) groups is 1. The van der Waals surface area contributed by atoms with E-state index >= 15 is 0 Å². The Morgan fingerprint density at radius 1 is 1.56 bits per heavy atom. The number of carbonyl (C=O) groups excluding carboxylic acids is 1. The molecule has 0 saturated carbocycles. The normalized spacial score (nSPS) is 11.2. The van der Waals surface area contributed by atoms with Crippen LogP contribution in [0.5, 0.6) is 0 Å². The second kappa shape index (κ2) is 6.60. The van der Waals surface area contributed by atoms with Crippen molar-refractivity contribution in [2.45, 2.75) is 38.3 Å². The molecule has 1 heterocycles. The third kappa shape index (κ3) is 5.43. The molecule has 6 heteroatoms. The lowest BCUT2D eigenvalue weighted by molar-refractivity contribution is 0.0636. The van der Waals surface area contributed by atoms with E-state index in [0.717, 1.165) is 14.3 Å². The maximum atomic E-state index is 11.6. The highest BCUT2D eigenvalue weighted by Crippen LogP contribution is 2.23. The third-order valence-electron chi connectivity index (χ3n) is 1.76. The first-order chi connectivity index (χ1) is 8.31. The van der Waals surface area contributed by atoms with Gasteiger partial charge in [-0.1, -0.05) is 6.92 Å². The number of halogens is 1. The maximum absolute atomic E-state index is 11.6.